The van der Waals surface area contributed by atoms with Crippen LogP contribution in [0.5, 0.6) is 11.5 Å². The minimum atomic E-state index is -4.09. The van der Waals surface area contributed by atoms with Gasteiger partial charge in [-0.25, -0.2) is 18.4 Å². The van der Waals surface area contributed by atoms with Crippen molar-refractivity contribution >= 4 is 27.6 Å². The highest BCUT2D eigenvalue weighted by Gasteiger charge is 2.45. The molecule has 0 amide bonds. The van der Waals surface area contributed by atoms with E-state index in [1.807, 2.05) is 6.92 Å². The highest BCUT2D eigenvalue weighted by molar-refractivity contribution is 7.93. The molecule has 0 radical (unpaired) electrons. The summed E-state index contributed by atoms with van der Waals surface area (Å²) in [5.74, 6) is 1.50. The summed E-state index contributed by atoms with van der Waals surface area (Å²) in [6.45, 7) is 3.96. The molecule has 3 aromatic rings. The van der Waals surface area contributed by atoms with Gasteiger partial charge in [-0.15, -0.1) is 10.2 Å². The Bertz CT molecular complexity index is 1310. The van der Waals surface area contributed by atoms with Gasteiger partial charge in [0, 0.05) is 32.0 Å². The molecule has 4 rings (SSSR count). The third kappa shape index (κ3) is 5.49. The van der Waals surface area contributed by atoms with Crippen molar-refractivity contribution in [3.8, 4) is 17.2 Å². The Morgan fingerprint density at radius 1 is 1.14 bits per heavy atom. The highest BCUT2D eigenvalue weighted by Crippen LogP contribution is 2.46. The molecule has 1 aliphatic carbocycles. The van der Waals surface area contributed by atoms with Crippen LogP contribution in [0.2, 0.25) is 5.02 Å². The van der Waals surface area contributed by atoms with Crippen LogP contribution >= 0.6 is 11.6 Å². The molecule has 200 valence electrons. The summed E-state index contributed by atoms with van der Waals surface area (Å²) in [5.41, 5.74) is 0.462. The molecule has 0 aliphatic heterocycles. The quantitative estimate of drug-likeness (QED) is 0.356. The van der Waals surface area contributed by atoms with Gasteiger partial charge in [0.15, 0.2) is 5.82 Å². The average Bonchev–Trinajstić information content (AvgIpc) is 3.54. The number of para-hydroxylation sites is 1. The number of benzene rings is 1. The second-order valence-corrected chi connectivity index (χ2v) is 10.8. The van der Waals surface area contributed by atoms with Crippen molar-refractivity contribution in [2.75, 3.05) is 32.7 Å². The molecule has 0 spiro atoms. The van der Waals surface area contributed by atoms with E-state index >= 15 is 0 Å². The van der Waals surface area contributed by atoms with Crippen LogP contribution in [-0.2, 0) is 19.5 Å². The summed E-state index contributed by atoms with van der Waals surface area (Å²) >= 11 is 5.88. The molecule has 1 aliphatic rings. The van der Waals surface area contributed by atoms with Crippen molar-refractivity contribution < 1.29 is 27.4 Å². The van der Waals surface area contributed by atoms with Gasteiger partial charge in [0.2, 0.25) is 16.0 Å². The lowest BCUT2D eigenvalue weighted by atomic mass is 10.2. The van der Waals surface area contributed by atoms with Crippen LogP contribution in [0.3, 0.4) is 0 Å². The lowest BCUT2D eigenvalue weighted by molar-refractivity contribution is 0.0950. The molecule has 1 saturated carbocycles. The second kappa shape index (κ2) is 11.2. The molecule has 2 aromatic heterocycles. The van der Waals surface area contributed by atoms with Gasteiger partial charge in [0.25, 0.3) is 0 Å². The summed E-state index contributed by atoms with van der Waals surface area (Å²) in [5, 5.41) is 7.76. The summed E-state index contributed by atoms with van der Waals surface area (Å²) < 4.78 is 53.7. The van der Waals surface area contributed by atoms with E-state index in [-0.39, 0.29) is 23.8 Å². The molecule has 2 heterocycles. The minimum absolute atomic E-state index is 0.0290. The number of ether oxygens (including phenoxy) is 4. The Balaban J connectivity index is 1.76. The van der Waals surface area contributed by atoms with Crippen LogP contribution in [0.4, 0.5) is 5.95 Å². The molecule has 0 unspecified atom stereocenters. The van der Waals surface area contributed by atoms with Crippen LogP contribution in [-0.4, -0.2) is 72.4 Å². The molecular weight excluding hydrogens is 524 g/mol. The molecule has 1 N–H and O–H groups in total. The Morgan fingerprint density at radius 3 is 2.35 bits per heavy atom. The molecule has 4 atom stereocenters. The molecular formula is C23H29ClN6O6S. The molecule has 14 heteroatoms. The number of nitrogens with zero attached hydrogens (tertiary/aromatic N) is 5. The first kappa shape index (κ1) is 27.0. The van der Waals surface area contributed by atoms with Gasteiger partial charge in [0.05, 0.1) is 25.3 Å². The van der Waals surface area contributed by atoms with E-state index in [0.717, 1.165) is 6.42 Å². The molecule has 0 saturated heterocycles. The highest BCUT2D eigenvalue weighted by atomic mass is 35.5. The predicted octanol–water partition coefficient (Wildman–Crippen LogP) is 3.14. The predicted molar refractivity (Wildman–Crippen MR) is 136 cm³/mol. The van der Waals surface area contributed by atoms with Crippen molar-refractivity contribution in [2.45, 2.75) is 43.6 Å². The first-order valence-corrected chi connectivity index (χ1v) is 13.5. The fraction of sp³-hybridized carbons (Fsp3) is 0.478. The molecule has 1 fully saturated rings. The first-order valence-electron chi connectivity index (χ1n) is 11.6. The van der Waals surface area contributed by atoms with Gasteiger partial charge in [-0.05, 0) is 32.4 Å². The zero-order chi connectivity index (χ0) is 26.7. The Kier molecular flexibility index (Phi) is 8.17. The Morgan fingerprint density at radius 2 is 1.78 bits per heavy atom. The number of aromatic nitrogens is 5. The third-order valence-electron chi connectivity index (χ3n) is 6.06. The lowest BCUT2D eigenvalue weighted by Crippen LogP contribution is -2.33. The number of halogens is 1. The number of hydrogen-bond acceptors (Lipinski definition) is 10. The third-order valence-corrected chi connectivity index (χ3v) is 7.94. The zero-order valence-corrected chi connectivity index (χ0v) is 22.7. The maximum Gasteiger partial charge on any atom is 0.243 e. The van der Waals surface area contributed by atoms with Gasteiger partial charge < -0.3 is 18.9 Å². The monoisotopic (exact) mass is 552 g/mol. The van der Waals surface area contributed by atoms with E-state index in [2.05, 4.69) is 24.9 Å². The van der Waals surface area contributed by atoms with Crippen LogP contribution in [0.1, 0.15) is 43.9 Å². The first-order chi connectivity index (χ1) is 17.7. The summed E-state index contributed by atoms with van der Waals surface area (Å²) in [4.78, 5) is 8.25. The number of methoxy groups -OCH3 is 3. The number of rotatable bonds is 12. The van der Waals surface area contributed by atoms with Crippen LogP contribution in [0, 0.1) is 0 Å². The zero-order valence-electron chi connectivity index (χ0n) is 21.1. The van der Waals surface area contributed by atoms with E-state index in [1.165, 1.54) is 40.6 Å². The normalized spacial score (nSPS) is 18.8. The molecule has 12 nitrogen and oxygen atoms in total. The number of sulfonamides is 1. The van der Waals surface area contributed by atoms with Crippen molar-refractivity contribution in [1.82, 2.24) is 24.7 Å². The lowest BCUT2D eigenvalue weighted by Gasteiger charge is -2.23. The standard InChI is InChI=1S/C23H29ClN6O6S/c1-6-36-18-10-15(18)22-27-28-23(30(22)19-16(33-3)8-7-9-17(19)34-4)29-37(31,32)13(2)20(35-5)21-25-11-14(24)12-26-21/h7-9,11-13,15,18,20H,6,10H2,1-5H3,(H,28,29)/t13-,15-,18+,20-/m0/s1. The Labute approximate surface area is 220 Å². The summed E-state index contributed by atoms with van der Waals surface area (Å²) in [7, 11) is 0.327. The topological polar surface area (TPSA) is 140 Å². The van der Waals surface area contributed by atoms with Crippen molar-refractivity contribution in [1.29, 1.82) is 0 Å². The number of hydrogen-bond donors (Lipinski definition) is 1. The number of anilines is 1. The molecule has 1 aromatic carbocycles. The number of nitrogens with one attached hydrogen (secondary N) is 1. The van der Waals surface area contributed by atoms with Gasteiger partial charge in [-0.3, -0.25) is 9.29 Å². The largest absolute Gasteiger partial charge is 0.494 e. The summed E-state index contributed by atoms with van der Waals surface area (Å²) in [6, 6.07) is 5.26. The van der Waals surface area contributed by atoms with Crippen molar-refractivity contribution in [2.24, 2.45) is 0 Å². The van der Waals surface area contributed by atoms with E-state index in [0.29, 0.717) is 34.6 Å². The minimum Gasteiger partial charge on any atom is -0.494 e. The van der Waals surface area contributed by atoms with Gasteiger partial charge in [-0.2, -0.15) is 0 Å². The van der Waals surface area contributed by atoms with E-state index in [1.54, 1.807) is 22.8 Å². The van der Waals surface area contributed by atoms with Crippen LogP contribution in [0.25, 0.3) is 5.69 Å². The van der Waals surface area contributed by atoms with E-state index in [4.69, 9.17) is 30.5 Å². The smallest absolute Gasteiger partial charge is 0.243 e. The van der Waals surface area contributed by atoms with Gasteiger partial charge >= 0.3 is 0 Å². The maximum absolute atomic E-state index is 13.6. The van der Waals surface area contributed by atoms with Gasteiger partial charge in [-0.1, -0.05) is 17.7 Å². The summed E-state index contributed by atoms with van der Waals surface area (Å²) in [6.07, 6.45) is 2.47. The average molecular weight is 553 g/mol. The maximum atomic E-state index is 13.6. The fourth-order valence-corrected chi connectivity index (χ4v) is 5.30. The van der Waals surface area contributed by atoms with E-state index in [9.17, 15) is 8.42 Å². The van der Waals surface area contributed by atoms with Crippen LogP contribution < -0.4 is 14.2 Å². The van der Waals surface area contributed by atoms with Gasteiger partial charge in [0.1, 0.15) is 34.4 Å². The molecule has 0 bridgehead atoms. The SMILES string of the molecule is CCO[C@@H]1C[C@@H]1c1nnc(NS(=O)(=O)[C@@H](C)[C@H](OC)c2ncc(Cl)cn2)n1-c1c(OC)cccc1OC. The second-order valence-electron chi connectivity index (χ2n) is 8.33. The Hall–Kier alpha value is -3.00. The van der Waals surface area contributed by atoms with Crippen molar-refractivity contribution in [3.63, 3.8) is 0 Å². The van der Waals surface area contributed by atoms with E-state index < -0.39 is 21.4 Å². The fourth-order valence-electron chi connectivity index (χ4n) is 4.08. The van der Waals surface area contributed by atoms with Crippen molar-refractivity contribution in [3.05, 3.63) is 47.3 Å². The molecule has 37 heavy (non-hydrogen) atoms. The van der Waals surface area contributed by atoms with Crippen LogP contribution in [0.15, 0.2) is 30.6 Å².